The van der Waals surface area contributed by atoms with Crippen LogP contribution in [0.15, 0.2) is 54.0 Å². The number of nitrogens with zero attached hydrogens (tertiary/aromatic N) is 2. The lowest BCUT2D eigenvalue weighted by Gasteiger charge is -2.09. The minimum Gasteiger partial charge on any atom is -0.452 e. The molecule has 2 heterocycles. The number of urea groups is 1. The monoisotopic (exact) mass is 412 g/mol. The number of amides is 3. The number of ether oxygens (including phenoxy) is 1. The normalized spacial score (nSPS) is 10.6. The van der Waals surface area contributed by atoms with E-state index in [1.165, 1.54) is 11.3 Å². The number of carbonyl (C=O) groups is 3. The van der Waals surface area contributed by atoms with E-state index in [0.29, 0.717) is 5.69 Å². The summed E-state index contributed by atoms with van der Waals surface area (Å²) in [7, 11) is 0. The molecule has 0 saturated heterocycles. The minimum atomic E-state index is -0.718. The fourth-order valence-electron chi connectivity index (χ4n) is 2.50. The highest BCUT2D eigenvalue weighted by Crippen LogP contribution is 2.28. The Morgan fingerprint density at radius 3 is 2.55 bits per heavy atom. The van der Waals surface area contributed by atoms with Crippen LogP contribution >= 0.6 is 11.3 Å². The van der Waals surface area contributed by atoms with Gasteiger partial charge in [0, 0.05) is 12.2 Å². The molecule has 0 saturated carbocycles. The maximum atomic E-state index is 12.6. The average Bonchev–Trinajstić information content (AvgIpc) is 3.35. The van der Waals surface area contributed by atoms with Crippen molar-refractivity contribution in [2.45, 2.75) is 19.9 Å². The van der Waals surface area contributed by atoms with Crippen molar-refractivity contribution in [3.05, 3.63) is 59.6 Å². The molecule has 3 amide bonds. The topological polar surface area (TPSA) is 102 Å². The molecule has 8 nitrogen and oxygen atoms in total. The van der Waals surface area contributed by atoms with Crippen molar-refractivity contribution >= 4 is 29.2 Å². The quantitative estimate of drug-likeness (QED) is 0.606. The molecule has 0 aliphatic carbocycles. The van der Waals surface area contributed by atoms with Gasteiger partial charge in [0.1, 0.15) is 11.3 Å². The number of imide groups is 1. The van der Waals surface area contributed by atoms with Crippen molar-refractivity contribution in [3.8, 4) is 16.3 Å². The van der Waals surface area contributed by atoms with Gasteiger partial charge in [-0.1, -0.05) is 24.3 Å². The first kappa shape index (κ1) is 20.3. The van der Waals surface area contributed by atoms with E-state index in [-0.39, 0.29) is 11.6 Å². The number of carbonyl (C=O) groups excluding carboxylic acids is 3. The Morgan fingerprint density at radius 1 is 1.14 bits per heavy atom. The number of thiophene rings is 1. The molecule has 2 aromatic heterocycles. The third kappa shape index (κ3) is 5.29. The van der Waals surface area contributed by atoms with Crippen molar-refractivity contribution in [3.63, 3.8) is 0 Å². The van der Waals surface area contributed by atoms with E-state index >= 15 is 0 Å². The number of para-hydroxylation sites is 1. The van der Waals surface area contributed by atoms with E-state index in [0.717, 1.165) is 10.6 Å². The molecule has 150 valence electrons. The van der Waals surface area contributed by atoms with Gasteiger partial charge in [-0.2, -0.15) is 5.10 Å². The average molecular weight is 412 g/mol. The van der Waals surface area contributed by atoms with E-state index in [2.05, 4.69) is 15.7 Å². The molecule has 0 bridgehead atoms. The van der Waals surface area contributed by atoms with Gasteiger partial charge in [-0.3, -0.25) is 10.1 Å². The van der Waals surface area contributed by atoms with Gasteiger partial charge in [-0.25, -0.2) is 14.3 Å². The van der Waals surface area contributed by atoms with Crippen molar-refractivity contribution < 1.29 is 19.1 Å². The molecule has 1 aromatic carbocycles. The highest BCUT2D eigenvalue weighted by Gasteiger charge is 2.21. The Bertz CT molecular complexity index is 997. The second-order valence-electron chi connectivity index (χ2n) is 6.40. The Labute approximate surface area is 171 Å². The first-order chi connectivity index (χ1) is 13.9. The summed E-state index contributed by atoms with van der Waals surface area (Å²) < 4.78 is 6.69. The lowest BCUT2D eigenvalue weighted by Crippen LogP contribution is -2.44. The second kappa shape index (κ2) is 9.16. The van der Waals surface area contributed by atoms with Gasteiger partial charge in [0.2, 0.25) is 0 Å². The molecule has 0 radical (unpaired) electrons. The summed E-state index contributed by atoms with van der Waals surface area (Å²) in [6.45, 7) is 2.95. The Hall–Kier alpha value is -3.46. The second-order valence-corrected chi connectivity index (χ2v) is 7.35. The van der Waals surface area contributed by atoms with E-state index in [9.17, 15) is 14.4 Å². The summed E-state index contributed by atoms with van der Waals surface area (Å²) in [6.07, 6.45) is 1.57. The molecular formula is C20H20N4O4S. The fraction of sp³-hybridized carbons (Fsp3) is 0.200. The van der Waals surface area contributed by atoms with Crippen LogP contribution in [-0.2, 0) is 9.53 Å². The largest absolute Gasteiger partial charge is 0.452 e. The van der Waals surface area contributed by atoms with Gasteiger partial charge in [0.25, 0.3) is 5.91 Å². The third-order valence-corrected chi connectivity index (χ3v) is 4.59. The number of hydrogen-bond acceptors (Lipinski definition) is 6. The van der Waals surface area contributed by atoms with Gasteiger partial charge in [0.15, 0.2) is 6.61 Å². The van der Waals surface area contributed by atoms with E-state index < -0.39 is 24.5 Å². The van der Waals surface area contributed by atoms with E-state index in [1.54, 1.807) is 24.7 Å². The van der Waals surface area contributed by atoms with Crippen LogP contribution in [0.2, 0.25) is 0 Å². The number of nitrogens with one attached hydrogen (secondary N) is 2. The van der Waals surface area contributed by atoms with Crippen molar-refractivity contribution in [2.24, 2.45) is 0 Å². The van der Waals surface area contributed by atoms with E-state index in [4.69, 9.17) is 4.74 Å². The third-order valence-electron chi connectivity index (χ3n) is 3.72. The van der Waals surface area contributed by atoms with Gasteiger partial charge in [-0.15, -0.1) is 11.3 Å². The molecule has 3 rings (SSSR count). The summed E-state index contributed by atoms with van der Waals surface area (Å²) in [4.78, 5) is 36.8. The molecule has 0 atom stereocenters. The van der Waals surface area contributed by atoms with Crippen LogP contribution < -0.4 is 10.6 Å². The highest BCUT2D eigenvalue weighted by molar-refractivity contribution is 7.13. The summed E-state index contributed by atoms with van der Waals surface area (Å²) >= 11 is 1.44. The van der Waals surface area contributed by atoms with Crippen molar-refractivity contribution in [2.75, 3.05) is 6.61 Å². The molecule has 3 aromatic rings. The number of esters is 1. The van der Waals surface area contributed by atoms with Crippen LogP contribution in [-0.4, -0.2) is 40.3 Å². The molecule has 0 fully saturated rings. The van der Waals surface area contributed by atoms with Gasteiger partial charge >= 0.3 is 12.0 Å². The van der Waals surface area contributed by atoms with Crippen LogP contribution in [0.1, 0.15) is 24.2 Å². The molecule has 29 heavy (non-hydrogen) atoms. The Balaban J connectivity index is 1.75. The molecule has 0 unspecified atom stereocenters. The van der Waals surface area contributed by atoms with Crippen LogP contribution in [0.5, 0.6) is 0 Å². The Morgan fingerprint density at radius 2 is 1.90 bits per heavy atom. The summed E-state index contributed by atoms with van der Waals surface area (Å²) in [5.41, 5.74) is 1.48. The maximum absolute atomic E-state index is 12.6. The fourth-order valence-corrected chi connectivity index (χ4v) is 3.22. The van der Waals surface area contributed by atoms with Gasteiger partial charge in [0.05, 0.1) is 10.6 Å². The van der Waals surface area contributed by atoms with Crippen molar-refractivity contribution in [1.82, 2.24) is 20.4 Å². The molecule has 0 aliphatic rings. The van der Waals surface area contributed by atoms with Crippen LogP contribution in [0.3, 0.4) is 0 Å². The smallest absolute Gasteiger partial charge is 0.342 e. The lowest BCUT2D eigenvalue weighted by molar-refractivity contribution is -0.123. The highest BCUT2D eigenvalue weighted by atomic mass is 32.1. The molecule has 2 N–H and O–H groups in total. The zero-order chi connectivity index (χ0) is 20.8. The maximum Gasteiger partial charge on any atom is 0.342 e. The lowest BCUT2D eigenvalue weighted by atomic mass is 10.2. The molecule has 9 heteroatoms. The van der Waals surface area contributed by atoms with Crippen molar-refractivity contribution in [1.29, 1.82) is 0 Å². The Kier molecular flexibility index (Phi) is 6.40. The number of benzene rings is 1. The standard InChI is InChI=1S/C20H20N4O4S/c1-13(2)21-20(27)22-17(25)12-28-19(26)15-11-24(14-7-4-3-5-8-14)23-18(15)16-9-6-10-29-16/h3-11,13H,12H2,1-2H3,(H2,21,22,25,27). The number of aromatic nitrogens is 2. The van der Waals surface area contributed by atoms with E-state index in [1.807, 2.05) is 47.8 Å². The number of rotatable bonds is 6. The first-order valence-electron chi connectivity index (χ1n) is 8.90. The predicted molar refractivity (Wildman–Crippen MR) is 109 cm³/mol. The zero-order valence-electron chi connectivity index (χ0n) is 15.9. The van der Waals surface area contributed by atoms with Gasteiger partial charge in [-0.05, 0) is 37.4 Å². The summed E-state index contributed by atoms with van der Waals surface area (Å²) in [5, 5.41) is 11.0. The van der Waals surface area contributed by atoms with Gasteiger partial charge < -0.3 is 10.1 Å². The minimum absolute atomic E-state index is 0.123. The molecular weight excluding hydrogens is 392 g/mol. The predicted octanol–water partition coefficient (Wildman–Crippen LogP) is 2.99. The summed E-state index contributed by atoms with van der Waals surface area (Å²) in [6, 6.07) is 12.3. The number of hydrogen-bond donors (Lipinski definition) is 2. The van der Waals surface area contributed by atoms with Crippen LogP contribution in [0, 0.1) is 0 Å². The SMILES string of the molecule is CC(C)NC(=O)NC(=O)COC(=O)c1cn(-c2ccccc2)nc1-c1cccs1. The summed E-state index contributed by atoms with van der Waals surface area (Å²) in [5.74, 6) is -1.42. The molecule has 0 aliphatic heterocycles. The molecule has 0 spiro atoms. The van der Waals surface area contributed by atoms with Crippen LogP contribution in [0.4, 0.5) is 4.79 Å². The first-order valence-corrected chi connectivity index (χ1v) is 9.78. The zero-order valence-corrected chi connectivity index (χ0v) is 16.7. The van der Waals surface area contributed by atoms with Crippen LogP contribution in [0.25, 0.3) is 16.3 Å².